The summed E-state index contributed by atoms with van der Waals surface area (Å²) >= 11 is 2.79. The molecular weight excluding hydrogens is 635 g/mol. The van der Waals surface area contributed by atoms with E-state index in [9.17, 15) is 24.5 Å². The Morgan fingerprint density at radius 2 is 1.74 bits per heavy atom. The molecule has 4 aromatic rings. The molecule has 0 saturated heterocycles. The van der Waals surface area contributed by atoms with Gasteiger partial charge in [-0.15, -0.1) is 23.1 Å². The van der Waals surface area contributed by atoms with Gasteiger partial charge in [-0.1, -0.05) is 57.2 Å². The molecule has 0 radical (unpaired) electrons. The molecule has 1 aliphatic rings. The van der Waals surface area contributed by atoms with E-state index in [0.717, 1.165) is 40.2 Å². The number of nitro groups is 1. The van der Waals surface area contributed by atoms with E-state index in [-0.39, 0.29) is 29.2 Å². The summed E-state index contributed by atoms with van der Waals surface area (Å²) in [7, 11) is 0. The number of nitrogens with zero attached hydrogens (tertiary/aromatic N) is 1. The van der Waals surface area contributed by atoms with Crippen molar-refractivity contribution in [2.24, 2.45) is 11.3 Å². The number of anilines is 2. The lowest BCUT2D eigenvalue weighted by Gasteiger charge is -2.33. The summed E-state index contributed by atoms with van der Waals surface area (Å²) in [5.41, 5.74) is 3.03. The van der Waals surface area contributed by atoms with Crippen molar-refractivity contribution in [1.82, 2.24) is 0 Å². The molecule has 11 heteroatoms. The molecule has 2 N–H and O–H groups in total. The van der Waals surface area contributed by atoms with Crippen LogP contribution in [-0.2, 0) is 22.4 Å². The Hall–Kier alpha value is -4.48. The van der Waals surface area contributed by atoms with Crippen LogP contribution in [0.25, 0.3) is 0 Å². The van der Waals surface area contributed by atoms with Crippen molar-refractivity contribution in [2.45, 2.75) is 57.1 Å². The molecule has 1 aliphatic carbocycles. The van der Waals surface area contributed by atoms with Crippen molar-refractivity contribution in [3.05, 3.63) is 116 Å². The van der Waals surface area contributed by atoms with Gasteiger partial charge in [-0.3, -0.25) is 19.7 Å². The molecule has 0 bridgehead atoms. The lowest BCUT2D eigenvalue weighted by atomic mass is 9.72. The van der Waals surface area contributed by atoms with Gasteiger partial charge in [-0.2, -0.15) is 0 Å². The quantitative estimate of drug-likeness (QED) is 0.0747. The number of thioether (sulfide) groups is 1. The van der Waals surface area contributed by atoms with Crippen LogP contribution in [-0.4, -0.2) is 29.3 Å². The molecule has 0 fully saturated rings. The number of nitro benzene ring substituents is 1. The largest absolute Gasteiger partial charge is 0.462 e. The highest BCUT2D eigenvalue weighted by molar-refractivity contribution is 8.00. The fourth-order valence-electron chi connectivity index (χ4n) is 5.63. The first-order valence-electron chi connectivity index (χ1n) is 15.4. The lowest BCUT2D eigenvalue weighted by molar-refractivity contribution is -0.384. The van der Waals surface area contributed by atoms with E-state index in [1.54, 1.807) is 25.1 Å². The van der Waals surface area contributed by atoms with Crippen LogP contribution >= 0.6 is 23.1 Å². The molecule has 1 heterocycles. The SMILES string of the molecule is CCOC(=O)c1c(NC(=O)C(Sc2cccc(NC(=O)c3ccc([N+](=O)[O-])cc3)c2)c2ccccc2)sc2c1CCC(C(C)(C)C)C2. The average molecular weight is 672 g/mol. The molecular formula is C36H37N3O6S2. The number of hydrogen-bond donors (Lipinski definition) is 2. The highest BCUT2D eigenvalue weighted by Crippen LogP contribution is 2.45. The fourth-order valence-corrected chi connectivity index (χ4v) is 8.03. The summed E-state index contributed by atoms with van der Waals surface area (Å²) in [6.07, 6.45) is 2.57. The molecule has 0 saturated carbocycles. The van der Waals surface area contributed by atoms with Crippen LogP contribution in [0.5, 0.6) is 0 Å². The molecule has 2 atom stereocenters. The Labute approximate surface area is 282 Å². The highest BCUT2D eigenvalue weighted by atomic mass is 32.2. The van der Waals surface area contributed by atoms with Crippen molar-refractivity contribution >= 4 is 57.3 Å². The summed E-state index contributed by atoms with van der Waals surface area (Å²) in [5.74, 6) is -0.651. The molecule has 3 aromatic carbocycles. The minimum absolute atomic E-state index is 0.101. The Morgan fingerprint density at radius 3 is 2.40 bits per heavy atom. The number of fused-ring (bicyclic) bond motifs is 1. The van der Waals surface area contributed by atoms with Gasteiger partial charge in [-0.25, -0.2) is 4.79 Å². The van der Waals surface area contributed by atoms with Crippen molar-refractivity contribution < 1.29 is 24.0 Å². The first-order chi connectivity index (χ1) is 22.4. The van der Waals surface area contributed by atoms with E-state index >= 15 is 0 Å². The van der Waals surface area contributed by atoms with Gasteiger partial charge < -0.3 is 15.4 Å². The molecule has 244 valence electrons. The normalized spacial score (nSPS) is 14.9. The molecule has 5 rings (SSSR count). The van der Waals surface area contributed by atoms with Crippen molar-refractivity contribution in [3.63, 3.8) is 0 Å². The smallest absolute Gasteiger partial charge is 0.341 e. The van der Waals surface area contributed by atoms with Gasteiger partial charge in [0.15, 0.2) is 0 Å². The molecule has 9 nitrogen and oxygen atoms in total. The van der Waals surface area contributed by atoms with Crippen LogP contribution in [0.2, 0.25) is 0 Å². The number of esters is 1. The van der Waals surface area contributed by atoms with E-state index < -0.39 is 22.0 Å². The van der Waals surface area contributed by atoms with Crippen LogP contribution in [0.1, 0.15) is 76.1 Å². The number of ether oxygens (including phenoxy) is 1. The molecule has 2 unspecified atom stereocenters. The third kappa shape index (κ3) is 8.09. The molecule has 0 aliphatic heterocycles. The van der Waals surface area contributed by atoms with Gasteiger partial charge in [0.2, 0.25) is 5.91 Å². The van der Waals surface area contributed by atoms with Gasteiger partial charge in [-0.05, 0) is 79.0 Å². The number of amides is 2. The van der Waals surface area contributed by atoms with E-state index in [0.29, 0.717) is 22.2 Å². The van der Waals surface area contributed by atoms with Crippen molar-refractivity contribution in [3.8, 4) is 0 Å². The van der Waals surface area contributed by atoms with Gasteiger partial charge in [0.05, 0.1) is 17.1 Å². The predicted molar refractivity (Wildman–Crippen MR) is 186 cm³/mol. The third-order valence-electron chi connectivity index (χ3n) is 8.23. The Kier molecular flexibility index (Phi) is 10.5. The summed E-state index contributed by atoms with van der Waals surface area (Å²) in [6.45, 7) is 8.73. The summed E-state index contributed by atoms with van der Waals surface area (Å²) in [5, 5.41) is 16.7. The van der Waals surface area contributed by atoms with Gasteiger partial charge >= 0.3 is 5.97 Å². The standard InChI is InChI=1S/C36H37N3O6S2/c1-5-45-35(42)30-28-19-16-24(36(2,3)4)20-29(28)47-34(30)38-33(41)31(22-10-7-6-8-11-22)46-27-13-9-12-25(21-27)37-32(40)23-14-17-26(18-15-23)39(43)44/h6-15,17-18,21,24,31H,5,16,19-20H2,1-4H3,(H,37,40)(H,38,41). The van der Waals surface area contributed by atoms with Gasteiger partial charge in [0.1, 0.15) is 10.3 Å². The third-order valence-corrected chi connectivity index (χ3v) is 10.7. The van der Waals surface area contributed by atoms with Crippen molar-refractivity contribution in [1.29, 1.82) is 0 Å². The number of benzene rings is 3. The first-order valence-corrected chi connectivity index (χ1v) is 17.1. The maximum absolute atomic E-state index is 14.1. The number of hydrogen-bond acceptors (Lipinski definition) is 8. The number of nitrogens with one attached hydrogen (secondary N) is 2. The maximum Gasteiger partial charge on any atom is 0.341 e. The number of thiophene rings is 1. The van der Waals surface area contributed by atoms with Crippen LogP contribution in [0, 0.1) is 21.4 Å². The number of non-ortho nitro benzene ring substituents is 1. The van der Waals surface area contributed by atoms with Crippen molar-refractivity contribution in [2.75, 3.05) is 17.2 Å². The van der Waals surface area contributed by atoms with Crippen LogP contribution in [0.3, 0.4) is 0 Å². The number of carbonyl (C=O) groups excluding carboxylic acids is 3. The van der Waals surface area contributed by atoms with Crippen LogP contribution < -0.4 is 10.6 Å². The Balaban J connectivity index is 1.40. The zero-order valence-corrected chi connectivity index (χ0v) is 28.3. The van der Waals surface area contributed by atoms with E-state index in [1.165, 1.54) is 47.4 Å². The van der Waals surface area contributed by atoms with E-state index in [1.807, 2.05) is 36.4 Å². The minimum Gasteiger partial charge on any atom is -0.462 e. The predicted octanol–water partition coefficient (Wildman–Crippen LogP) is 8.71. The first kappa shape index (κ1) is 33.9. The zero-order chi connectivity index (χ0) is 33.7. The lowest BCUT2D eigenvalue weighted by Crippen LogP contribution is -2.26. The second-order valence-electron chi connectivity index (χ2n) is 12.4. The molecule has 0 spiro atoms. The fraction of sp³-hybridized carbons (Fsp3) is 0.306. The number of carbonyl (C=O) groups is 3. The molecule has 2 amide bonds. The summed E-state index contributed by atoms with van der Waals surface area (Å²) in [6, 6.07) is 21.9. The zero-order valence-electron chi connectivity index (χ0n) is 26.7. The van der Waals surface area contributed by atoms with Crippen LogP contribution in [0.15, 0.2) is 83.8 Å². The molecule has 1 aromatic heterocycles. The van der Waals surface area contributed by atoms with Crippen LogP contribution in [0.4, 0.5) is 16.4 Å². The molecule has 47 heavy (non-hydrogen) atoms. The van der Waals surface area contributed by atoms with E-state index in [4.69, 9.17) is 4.74 Å². The van der Waals surface area contributed by atoms with Gasteiger partial charge in [0.25, 0.3) is 11.6 Å². The maximum atomic E-state index is 14.1. The number of rotatable bonds is 10. The Bertz CT molecular complexity index is 1780. The second kappa shape index (κ2) is 14.5. The highest BCUT2D eigenvalue weighted by Gasteiger charge is 2.35. The summed E-state index contributed by atoms with van der Waals surface area (Å²) < 4.78 is 5.45. The minimum atomic E-state index is -0.673. The summed E-state index contributed by atoms with van der Waals surface area (Å²) in [4.78, 5) is 52.5. The monoisotopic (exact) mass is 671 g/mol. The van der Waals surface area contributed by atoms with Gasteiger partial charge in [0, 0.05) is 33.2 Å². The Morgan fingerprint density at radius 1 is 1.02 bits per heavy atom. The second-order valence-corrected chi connectivity index (χ2v) is 14.7. The topological polar surface area (TPSA) is 128 Å². The average Bonchev–Trinajstić information content (AvgIpc) is 3.41. The van der Waals surface area contributed by atoms with E-state index in [2.05, 4.69) is 31.4 Å².